The van der Waals surface area contributed by atoms with Gasteiger partial charge in [0.25, 0.3) is 5.91 Å². The minimum atomic E-state index is -0.551. The second-order valence-corrected chi connectivity index (χ2v) is 7.13. The van der Waals surface area contributed by atoms with Crippen LogP contribution >= 0.6 is 0 Å². The molecule has 1 aromatic carbocycles. The summed E-state index contributed by atoms with van der Waals surface area (Å²) in [7, 11) is 0. The van der Waals surface area contributed by atoms with Crippen LogP contribution < -0.4 is 21.7 Å². The molecule has 2 unspecified atom stereocenters. The second kappa shape index (κ2) is 7.47. The largest absolute Gasteiger partial charge is 0.365 e. The van der Waals surface area contributed by atoms with Gasteiger partial charge < -0.3 is 26.7 Å². The van der Waals surface area contributed by atoms with E-state index in [1.165, 1.54) is 6.20 Å². The number of primary amides is 1. The Labute approximate surface area is 163 Å². The molecule has 1 amide bonds. The molecular formula is C20H25N7O. The first-order valence-electron chi connectivity index (χ1n) is 9.58. The first-order valence-corrected chi connectivity index (χ1v) is 9.58. The van der Waals surface area contributed by atoms with Gasteiger partial charge in [-0.3, -0.25) is 4.79 Å². The van der Waals surface area contributed by atoms with Gasteiger partial charge in [0, 0.05) is 42.4 Å². The molecule has 146 valence electrons. The Balaban J connectivity index is 1.67. The molecule has 0 aliphatic heterocycles. The zero-order valence-electron chi connectivity index (χ0n) is 15.9. The number of aromatic amines is 1. The summed E-state index contributed by atoms with van der Waals surface area (Å²) < 4.78 is 0. The van der Waals surface area contributed by atoms with Gasteiger partial charge in [0.2, 0.25) is 5.95 Å². The predicted molar refractivity (Wildman–Crippen MR) is 111 cm³/mol. The third kappa shape index (κ3) is 3.50. The zero-order chi connectivity index (χ0) is 19.7. The van der Waals surface area contributed by atoms with Crippen LogP contribution in [0.15, 0.2) is 36.7 Å². The van der Waals surface area contributed by atoms with Gasteiger partial charge in [0.15, 0.2) is 5.82 Å². The van der Waals surface area contributed by atoms with Gasteiger partial charge in [-0.2, -0.15) is 4.98 Å². The average Bonchev–Trinajstić information content (AvgIpc) is 3.17. The number of carbonyl (C=O) groups excluding carboxylic acids is 1. The molecule has 4 rings (SSSR count). The molecule has 2 aromatic heterocycles. The lowest BCUT2D eigenvalue weighted by molar-refractivity contribution is 0.1000. The fourth-order valence-corrected chi connectivity index (χ4v) is 3.55. The summed E-state index contributed by atoms with van der Waals surface area (Å²) in [4.78, 5) is 26.1. The summed E-state index contributed by atoms with van der Waals surface area (Å²) in [5.41, 5.74) is 13.7. The highest BCUT2D eigenvalue weighted by atomic mass is 16.1. The van der Waals surface area contributed by atoms with Crippen LogP contribution in [0.25, 0.3) is 10.9 Å². The van der Waals surface area contributed by atoms with Crippen LogP contribution in [0.3, 0.4) is 0 Å². The number of aromatic nitrogens is 3. The average molecular weight is 379 g/mol. The molecule has 1 fully saturated rings. The highest BCUT2D eigenvalue weighted by molar-refractivity contribution is 6.01. The Morgan fingerprint density at radius 1 is 1.39 bits per heavy atom. The van der Waals surface area contributed by atoms with E-state index in [0.29, 0.717) is 35.8 Å². The lowest BCUT2D eigenvalue weighted by Crippen LogP contribution is -2.24. The normalized spacial score (nSPS) is 18.2. The second-order valence-electron chi connectivity index (χ2n) is 7.13. The number of benzene rings is 1. The molecular weight excluding hydrogens is 354 g/mol. The number of rotatable bonds is 8. The van der Waals surface area contributed by atoms with Crippen LogP contribution in [0, 0.1) is 5.92 Å². The zero-order valence-corrected chi connectivity index (χ0v) is 15.9. The molecule has 28 heavy (non-hydrogen) atoms. The maximum Gasteiger partial charge on any atom is 0.254 e. The van der Waals surface area contributed by atoms with Crippen LogP contribution in [0.1, 0.15) is 30.1 Å². The van der Waals surface area contributed by atoms with Gasteiger partial charge in [-0.25, -0.2) is 4.98 Å². The van der Waals surface area contributed by atoms with Crippen molar-refractivity contribution in [3.63, 3.8) is 0 Å². The summed E-state index contributed by atoms with van der Waals surface area (Å²) in [5.74, 6) is 1.01. The van der Waals surface area contributed by atoms with Crippen molar-refractivity contribution in [2.75, 3.05) is 23.3 Å². The number of nitrogens with zero attached hydrogens (tertiary/aromatic N) is 3. The lowest BCUT2D eigenvalue weighted by atomic mass is 10.1. The topological polar surface area (TPSA) is 126 Å². The Hall–Kier alpha value is -3.13. The number of hydrogen-bond donors (Lipinski definition) is 4. The SMILES string of the molecule is CCN(c1nc(NCCC2CC2N)ncc1C(N)=O)c1cccc2[nH]ccc12. The van der Waals surface area contributed by atoms with Crippen LogP contribution in [0.4, 0.5) is 17.5 Å². The van der Waals surface area contributed by atoms with E-state index in [1.54, 1.807) is 0 Å². The number of fused-ring (bicyclic) bond motifs is 1. The number of H-pyrrole nitrogens is 1. The third-order valence-corrected chi connectivity index (χ3v) is 5.24. The predicted octanol–water partition coefficient (Wildman–Crippen LogP) is 2.36. The molecule has 1 aliphatic carbocycles. The summed E-state index contributed by atoms with van der Waals surface area (Å²) in [6, 6.07) is 8.33. The summed E-state index contributed by atoms with van der Waals surface area (Å²) in [5, 5.41) is 4.29. The Morgan fingerprint density at radius 2 is 2.21 bits per heavy atom. The van der Waals surface area contributed by atoms with E-state index in [2.05, 4.69) is 20.3 Å². The monoisotopic (exact) mass is 379 g/mol. The van der Waals surface area contributed by atoms with Crippen molar-refractivity contribution in [3.8, 4) is 0 Å². The van der Waals surface area contributed by atoms with Crippen LogP contribution in [0.2, 0.25) is 0 Å². The van der Waals surface area contributed by atoms with Crippen molar-refractivity contribution < 1.29 is 4.79 Å². The molecule has 0 spiro atoms. The molecule has 3 aromatic rings. The van der Waals surface area contributed by atoms with Gasteiger partial charge in [-0.05, 0) is 43.9 Å². The van der Waals surface area contributed by atoms with E-state index in [1.807, 2.05) is 42.3 Å². The fourth-order valence-electron chi connectivity index (χ4n) is 3.55. The summed E-state index contributed by atoms with van der Waals surface area (Å²) in [6.45, 7) is 3.38. The molecule has 0 radical (unpaired) electrons. The lowest BCUT2D eigenvalue weighted by Gasteiger charge is -2.25. The number of hydrogen-bond acceptors (Lipinski definition) is 6. The fraction of sp³-hybridized carbons (Fsp3) is 0.350. The minimum Gasteiger partial charge on any atom is -0.365 e. The van der Waals surface area contributed by atoms with E-state index in [0.717, 1.165) is 36.0 Å². The highest BCUT2D eigenvalue weighted by Crippen LogP contribution is 2.33. The molecule has 1 saturated carbocycles. The molecule has 6 N–H and O–H groups in total. The van der Waals surface area contributed by atoms with Gasteiger partial charge >= 0.3 is 0 Å². The first-order chi connectivity index (χ1) is 13.6. The standard InChI is InChI=1S/C20H25N7O/c1-2-27(17-5-3-4-16-13(17)7-9-23-16)19-14(18(22)28)11-25-20(26-19)24-8-6-12-10-15(12)21/h3-5,7,9,11-12,15,23H,2,6,8,10,21H2,1H3,(H2,22,28)(H,24,25,26). The molecule has 0 bridgehead atoms. The van der Waals surface area contributed by atoms with Gasteiger partial charge in [-0.15, -0.1) is 0 Å². The first kappa shape index (κ1) is 18.2. The van der Waals surface area contributed by atoms with Crippen molar-refractivity contribution in [3.05, 3.63) is 42.2 Å². The molecule has 8 heteroatoms. The number of amides is 1. The van der Waals surface area contributed by atoms with Gasteiger partial charge in [0.1, 0.15) is 5.56 Å². The summed E-state index contributed by atoms with van der Waals surface area (Å²) in [6.07, 6.45) is 5.46. The van der Waals surface area contributed by atoms with E-state index in [4.69, 9.17) is 11.5 Å². The molecule has 2 heterocycles. The maximum absolute atomic E-state index is 12.0. The Bertz CT molecular complexity index is 999. The molecule has 2 atom stereocenters. The van der Waals surface area contributed by atoms with E-state index in [9.17, 15) is 4.79 Å². The highest BCUT2D eigenvalue weighted by Gasteiger charge is 2.32. The van der Waals surface area contributed by atoms with Crippen molar-refractivity contribution >= 4 is 34.3 Å². The minimum absolute atomic E-state index is 0.296. The van der Waals surface area contributed by atoms with Crippen LogP contribution in [-0.2, 0) is 0 Å². The third-order valence-electron chi connectivity index (χ3n) is 5.24. The van der Waals surface area contributed by atoms with Crippen molar-refractivity contribution in [1.82, 2.24) is 15.0 Å². The van der Waals surface area contributed by atoms with Crippen molar-refractivity contribution in [1.29, 1.82) is 0 Å². The van der Waals surface area contributed by atoms with Crippen molar-refractivity contribution in [2.45, 2.75) is 25.8 Å². The maximum atomic E-state index is 12.0. The van der Waals surface area contributed by atoms with Gasteiger partial charge in [-0.1, -0.05) is 6.07 Å². The van der Waals surface area contributed by atoms with Gasteiger partial charge in [0.05, 0.1) is 5.69 Å². The molecule has 1 aliphatic rings. The molecule has 0 saturated heterocycles. The summed E-state index contributed by atoms with van der Waals surface area (Å²) >= 11 is 0. The van der Waals surface area contributed by atoms with E-state index < -0.39 is 5.91 Å². The van der Waals surface area contributed by atoms with Crippen molar-refractivity contribution in [2.24, 2.45) is 17.4 Å². The smallest absolute Gasteiger partial charge is 0.254 e. The quantitative estimate of drug-likeness (QED) is 0.476. The Kier molecular flexibility index (Phi) is 4.87. The Morgan fingerprint density at radius 3 is 2.93 bits per heavy atom. The number of nitrogens with two attached hydrogens (primary N) is 2. The number of nitrogens with one attached hydrogen (secondary N) is 2. The van der Waals surface area contributed by atoms with Crippen LogP contribution in [-0.4, -0.2) is 40.0 Å². The van der Waals surface area contributed by atoms with E-state index in [-0.39, 0.29) is 0 Å². The number of carbonyl (C=O) groups is 1. The number of anilines is 3. The molecule has 8 nitrogen and oxygen atoms in total. The van der Waals surface area contributed by atoms with Crippen LogP contribution in [0.5, 0.6) is 0 Å². The van der Waals surface area contributed by atoms with E-state index >= 15 is 0 Å².